The molecule has 1 aromatic carbocycles. The van der Waals surface area contributed by atoms with Crippen molar-refractivity contribution in [1.82, 2.24) is 10.3 Å². The van der Waals surface area contributed by atoms with E-state index in [1.807, 2.05) is 30.5 Å². The number of thioether (sulfide) groups is 1. The van der Waals surface area contributed by atoms with Gasteiger partial charge in [-0.05, 0) is 48.4 Å². The van der Waals surface area contributed by atoms with Gasteiger partial charge in [0.1, 0.15) is 18.5 Å². The first-order valence-corrected chi connectivity index (χ1v) is 9.97. The van der Waals surface area contributed by atoms with Crippen LogP contribution in [0.1, 0.15) is 29.8 Å². The van der Waals surface area contributed by atoms with Gasteiger partial charge >= 0.3 is 0 Å². The molecular formula is C20H24N2O4S. The topological polar surface area (TPSA) is 88.5 Å². The quantitative estimate of drug-likeness (QED) is 0.607. The first-order valence-electron chi connectivity index (χ1n) is 8.68. The van der Waals surface area contributed by atoms with Crippen molar-refractivity contribution in [2.75, 3.05) is 12.9 Å². The van der Waals surface area contributed by atoms with E-state index in [0.717, 1.165) is 17.5 Å². The van der Waals surface area contributed by atoms with Crippen molar-refractivity contribution in [2.45, 2.75) is 31.1 Å². The number of aliphatic hydroxyl groups excluding tert-OH is 1. The number of benzene rings is 1. The molecule has 6 nitrogen and oxygen atoms in total. The minimum atomic E-state index is -0.802. The van der Waals surface area contributed by atoms with Gasteiger partial charge in [0.2, 0.25) is 12.3 Å². The Labute approximate surface area is 163 Å². The second kappa shape index (κ2) is 10.7. The van der Waals surface area contributed by atoms with Gasteiger partial charge < -0.3 is 9.84 Å². The second-order valence-electron chi connectivity index (χ2n) is 5.97. The van der Waals surface area contributed by atoms with Crippen LogP contribution < -0.4 is 10.1 Å². The highest BCUT2D eigenvalue weighted by Crippen LogP contribution is 2.19. The predicted molar refractivity (Wildman–Crippen MR) is 106 cm³/mol. The highest BCUT2D eigenvalue weighted by Gasteiger charge is 2.17. The van der Waals surface area contributed by atoms with Gasteiger partial charge in [-0.25, -0.2) is 0 Å². The lowest BCUT2D eigenvalue weighted by Crippen LogP contribution is -2.32. The molecular weight excluding hydrogens is 364 g/mol. The Morgan fingerprint density at radius 3 is 2.52 bits per heavy atom. The third-order valence-electron chi connectivity index (χ3n) is 4.13. The zero-order chi connectivity index (χ0) is 19.6. The maximum atomic E-state index is 11.8. The lowest BCUT2D eigenvalue weighted by molar-refractivity contribution is -0.124. The molecule has 0 aliphatic rings. The molecule has 1 heterocycles. The van der Waals surface area contributed by atoms with Crippen LogP contribution in [0.4, 0.5) is 0 Å². The molecule has 7 heteroatoms. The minimum Gasteiger partial charge on any atom is -0.490 e. The number of aliphatic hydroxyl groups is 1. The number of ether oxygens (including phenoxy) is 1. The van der Waals surface area contributed by atoms with Crippen LogP contribution in [0.25, 0.3) is 0 Å². The molecule has 0 aliphatic heterocycles. The van der Waals surface area contributed by atoms with E-state index in [9.17, 15) is 14.7 Å². The van der Waals surface area contributed by atoms with Gasteiger partial charge in [0, 0.05) is 6.20 Å². The first-order chi connectivity index (χ1) is 13.1. The number of aryl methyl sites for hydroxylation is 1. The lowest BCUT2D eigenvalue weighted by Gasteiger charge is -2.14. The number of hydrogen-bond acceptors (Lipinski definition) is 6. The van der Waals surface area contributed by atoms with Crippen LogP contribution in [0, 0.1) is 0 Å². The van der Waals surface area contributed by atoms with E-state index in [4.69, 9.17) is 4.74 Å². The van der Waals surface area contributed by atoms with Crippen LogP contribution in [0.5, 0.6) is 5.75 Å². The van der Waals surface area contributed by atoms with E-state index >= 15 is 0 Å². The van der Waals surface area contributed by atoms with Gasteiger partial charge in [-0.1, -0.05) is 25.1 Å². The molecule has 27 heavy (non-hydrogen) atoms. The zero-order valence-corrected chi connectivity index (χ0v) is 16.2. The van der Waals surface area contributed by atoms with Gasteiger partial charge in [-0.3, -0.25) is 19.9 Å². The highest BCUT2D eigenvalue weighted by atomic mass is 32.2. The van der Waals surface area contributed by atoms with Crippen molar-refractivity contribution < 1.29 is 19.4 Å². The fourth-order valence-corrected chi connectivity index (χ4v) is 3.11. The number of amides is 2. The summed E-state index contributed by atoms with van der Waals surface area (Å²) in [6.07, 6.45) is 4.60. The number of pyridine rings is 1. The van der Waals surface area contributed by atoms with E-state index in [1.54, 1.807) is 18.3 Å². The SMILES string of the molecule is CCc1ccc(C(O)COc2ccc(CC(SC)C(=O)NC=O)cc2)nc1. The van der Waals surface area contributed by atoms with Gasteiger partial charge in [0.05, 0.1) is 10.9 Å². The molecule has 0 saturated carbocycles. The van der Waals surface area contributed by atoms with E-state index in [0.29, 0.717) is 24.3 Å². The summed E-state index contributed by atoms with van der Waals surface area (Å²) in [7, 11) is 0. The molecule has 2 amide bonds. The van der Waals surface area contributed by atoms with Gasteiger partial charge in [0.15, 0.2) is 0 Å². The second-order valence-corrected chi connectivity index (χ2v) is 7.01. The number of aromatic nitrogens is 1. The summed E-state index contributed by atoms with van der Waals surface area (Å²) in [5, 5.41) is 12.1. The number of carbonyl (C=O) groups is 2. The van der Waals surface area contributed by atoms with Crippen LogP contribution in [0.3, 0.4) is 0 Å². The molecule has 0 fully saturated rings. The van der Waals surface area contributed by atoms with Crippen molar-refractivity contribution in [1.29, 1.82) is 0 Å². The maximum Gasteiger partial charge on any atom is 0.239 e. The average Bonchev–Trinajstić information content (AvgIpc) is 2.71. The number of carbonyl (C=O) groups excluding carboxylic acids is 2. The lowest BCUT2D eigenvalue weighted by atomic mass is 10.1. The largest absolute Gasteiger partial charge is 0.490 e. The Hall–Kier alpha value is -2.38. The van der Waals surface area contributed by atoms with Gasteiger partial charge in [0.25, 0.3) is 0 Å². The fourth-order valence-electron chi connectivity index (χ4n) is 2.47. The summed E-state index contributed by atoms with van der Waals surface area (Å²) in [6.45, 7) is 2.16. The summed E-state index contributed by atoms with van der Waals surface area (Å²) in [4.78, 5) is 26.4. The van der Waals surface area contributed by atoms with Crippen LogP contribution in [0.15, 0.2) is 42.6 Å². The van der Waals surface area contributed by atoms with Crippen molar-refractivity contribution in [2.24, 2.45) is 0 Å². The van der Waals surface area contributed by atoms with Crippen LogP contribution in [0.2, 0.25) is 0 Å². The molecule has 1 aromatic heterocycles. The Balaban J connectivity index is 1.89. The molecule has 2 aromatic rings. The van der Waals surface area contributed by atoms with Crippen molar-refractivity contribution >= 4 is 24.1 Å². The summed E-state index contributed by atoms with van der Waals surface area (Å²) < 4.78 is 5.63. The maximum absolute atomic E-state index is 11.8. The van der Waals surface area contributed by atoms with E-state index in [-0.39, 0.29) is 17.8 Å². The molecule has 2 rings (SSSR count). The molecule has 2 N–H and O–H groups in total. The number of imide groups is 1. The highest BCUT2D eigenvalue weighted by molar-refractivity contribution is 7.99. The number of rotatable bonds is 10. The molecule has 0 aliphatic carbocycles. The Morgan fingerprint density at radius 2 is 1.96 bits per heavy atom. The molecule has 0 spiro atoms. The van der Waals surface area contributed by atoms with E-state index in [1.165, 1.54) is 11.8 Å². The molecule has 0 saturated heterocycles. The van der Waals surface area contributed by atoms with Crippen LogP contribution >= 0.6 is 11.8 Å². The predicted octanol–water partition coefficient (Wildman–Crippen LogP) is 2.30. The average molecular weight is 388 g/mol. The molecule has 2 atom stereocenters. The van der Waals surface area contributed by atoms with Crippen molar-refractivity contribution in [3.05, 3.63) is 59.4 Å². The summed E-state index contributed by atoms with van der Waals surface area (Å²) in [6, 6.07) is 11.1. The van der Waals surface area contributed by atoms with Crippen molar-refractivity contribution in [3.8, 4) is 5.75 Å². The van der Waals surface area contributed by atoms with Gasteiger partial charge in [-0.2, -0.15) is 11.8 Å². The Bertz CT molecular complexity index is 735. The summed E-state index contributed by atoms with van der Waals surface area (Å²) in [5.41, 5.74) is 2.65. The molecule has 0 radical (unpaired) electrons. The Morgan fingerprint density at radius 1 is 1.26 bits per heavy atom. The van der Waals surface area contributed by atoms with E-state index < -0.39 is 6.10 Å². The first kappa shape index (κ1) is 20.9. The summed E-state index contributed by atoms with van der Waals surface area (Å²) >= 11 is 1.39. The van der Waals surface area contributed by atoms with Gasteiger partial charge in [-0.15, -0.1) is 0 Å². The van der Waals surface area contributed by atoms with E-state index in [2.05, 4.69) is 17.2 Å². The van der Waals surface area contributed by atoms with Crippen LogP contribution in [-0.4, -0.2) is 40.5 Å². The number of nitrogens with one attached hydrogen (secondary N) is 1. The molecule has 0 bridgehead atoms. The zero-order valence-electron chi connectivity index (χ0n) is 15.4. The van der Waals surface area contributed by atoms with Crippen LogP contribution in [-0.2, 0) is 22.4 Å². The monoisotopic (exact) mass is 388 g/mol. The fraction of sp³-hybridized carbons (Fsp3) is 0.350. The minimum absolute atomic E-state index is 0.104. The standard InChI is InChI=1S/C20H24N2O4S/c1-3-14-6-9-17(21-11-14)18(24)12-26-16-7-4-15(5-8-16)10-19(27-2)20(25)22-13-23/h4-9,11,13,18-19,24H,3,10,12H2,1-2H3,(H,22,23,25). The molecule has 144 valence electrons. The summed E-state index contributed by atoms with van der Waals surface area (Å²) in [5.74, 6) is 0.323. The Kier molecular flexibility index (Phi) is 8.29. The third-order valence-corrected chi connectivity index (χ3v) is 5.08. The number of nitrogens with zero attached hydrogens (tertiary/aromatic N) is 1. The molecule has 2 unspecified atom stereocenters. The van der Waals surface area contributed by atoms with Crippen molar-refractivity contribution in [3.63, 3.8) is 0 Å². The smallest absolute Gasteiger partial charge is 0.239 e. The normalized spacial score (nSPS) is 12.9. The third kappa shape index (κ3) is 6.37. The number of hydrogen-bond donors (Lipinski definition) is 2.